The molecule has 0 atom stereocenters. The minimum atomic E-state index is -0.644. The molecule has 0 saturated carbocycles. The molecular weight excluding hydrogens is 309 g/mol. The molecule has 6 heteroatoms. The number of halogens is 1. The van der Waals surface area contributed by atoms with E-state index in [4.69, 9.17) is 0 Å². The van der Waals surface area contributed by atoms with Gasteiger partial charge in [-0.2, -0.15) is 0 Å². The molecule has 0 aliphatic carbocycles. The first-order valence-electron chi connectivity index (χ1n) is 7.32. The Hall–Kier alpha value is -3.28. The van der Waals surface area contributed by atoms with Crippen molar-refractivity contribution < 1.29 is 14.0 Å². The number of rotatable bonds is 4. The molecule has 24 heavy (non-hydrogen) atoms. The Bertz CT molecular complexity index is 911. The Morgan fingerprint density at radius 3 is 2.54 bits per heavy atom. The van der Waals surface area contributed by atoms with Crippen molar-refractivity contribution in [2.45, 2.75) is 0 Å². The molecule has 0 saturated heterocycles. The Morgan fingerprint density at radius 2 is 1.71 bits per heavy atom. The number of hydrogen-bond acceptors (Lipinski definition) is 3. The van der Waals surface area contributed by atoms with Crippen LogP contribution in [0.5, 0.6) is 0 Å². The van der Waals surface area contributed by atoms with Gasteiger partial charge in [0, 0.05) is 5.39 Å². The highest BCUT2D eigenvalue weighted by Crippen LogP contribution is 2.14. The summed E-state index contributed by atoms with van der Waals surface area (Å²) >= 11 is 0. The van der Waals surface area contributed by atoms with Crippen LogP contribution in [0.1, 0.15) is 10.4 Å². The number of amides is 2. The number of aromatic nitrogens is 1. The maximum absolute atomic E-state index is 13.5. The van der Waals surface area contributed by atoms with E-state index in [1.165, 1.54) is 18.2 Å². The lowest BCUT2D eigenvalue weighted by atomic mass is 10.2. The smallest absolute Gasteiger partial charge is 0.254 e. The van der Waals surface area contributed by atoms with Gasteiger partial charge in [0.25, 0.3) is 5.91 Å². The molecule has 1 heterocycles. The van der Waals surface area contributed by atoms with E-state index in [0.29, 0.717) is 5.82 Å². The molecule has 0 aliphatic heterocycles. The van der Waals surface area contributed by atoms with E-state index in [9.17, 15) is 14.0 Å². The van der Waals surface area contributed by atoms with Crippen molar-refractivity contribution in [1.82, 2.24) is 10.3 Å². The quantitative estimate of drug-likeness (QED) is 0.775. The van der Waals surface area contributed by atoms with Crippen LogP contribution in [0.2, 0.25) is 0 Å². The second-order valence-electron chi connectivity index (χ2n) is 5.10. The highest BCUT2D eigenvalue weighted by Gasteiger charge is 2.12. The number of carbonyl (C=O) groups excluding carboxylic acids is 2. The third-order valence-electron chi connectivity index (χ3n) is 3.39. The van der Waals surface area contributed by atoms with E-state index >= 15 is 0 Å². The molecular formula is C18H14FN3O2. The van der Waals surface area contributed by atoms with Crippen molar-refractivity contribution in [3.63, 3.8) is 0 Å². The molecule has 0 aliphatic rings. The molecule has 1 aromatic heterocycles. The molecule has 5 nitrogen and oxygen atoms in total. The first-order valence-corrected chi connectivity index (χ1v) is 7.32. The van der Waals surface area contributed by atoms with E-state index in [1.807, 2.05) is 30.3 Å². The van der Waals surface area contributed by atoms with Crippen LogP contribution in [0.4, 0.5) is 10.2 Å². The largest absolute Gasteiger partial charge is 0.343 e. The molecule has 0 unspecified atom stereocenters. The summed E-state index contributed by atoms with van der Waals surface area (Å²) in [6.07, 6.45) is 0. The van der Waals surface area contributed by atoms with Crippen molar-refractivity contribution in [1.29, 1.82) is 0 Å². The Balaban J connectivity index is 1.61. The van der Waals surface area contributed by atoms with E-state index in [-0.39, 0.29) is 12.1 Å². The van der Waals surface area contributed by atoms with Gasteiger partial charge in [-0.25, -0.2) is 9.37 Å². The zero-order valence-corrected chi connectivity index (χ0v) is 12.6. The van der Waals surface area contributed by atoms with Gasteiger partial charge in [0.05, 0.1) is 17.6 Å². The second-order valence-corrected chi connectivity index (χ2v) is 5.10. The number of fused-ring (bicyclic) bond motifs is 1. The average molecular weight is 323 g/mol. The van der Waals surface area contributed by atoms with Gasteiger partial charge in [-0.05, 0) is 30.3 Å². The fourth-order valence-corrected chi connectivity index (χ4v) is 2.22. The lowest BCUT2D eigenvalue weighted by Crippen LogP contribution is -2.33. The summed E-state index contributed by atoms with van der Waals surface area (Å²) in [5.41, 5.74) is 0.653. The van der Waals surface area contributed by atoms with Gasteiger partial charge in [-0.3, -0.25) is 9.59 Å². The summed E-state index contributed by atoms with van der Waals surface area (Å²) in [5, 5.41) is 5.94. The van der Waals surface area contributed by atoms with Gasteiger partial charge in [-0.1, -0.05) is 30.3 Å². The topological polar surface area (TPSA) is 71.1 Å². The number of nitrogens with zero attached hydrogens (tertiary/aromatic N) is 1. The van der Waals surface area contributed by atoms with Crippen molar-refractivity contribution in [2.75, 3.05) is 11.9 Å². The van der Waals surface area contributed by atoms with Crippen LogP contribution in [-0.4, -0.2) is 23.3 Å². The summed E-state index contributed by atoms with van der Waals surface area (Å²) in [6.45, 7) is -0.276. The van der Waals surface area contributed by atoms with Gasteiger partial charge in [0.1, 0.15) is 11.6 Å². The number of pyridine rings is 1. The molecule has 2 aromatic carbocycles. The normalized spacial score (nSPS) is 10.4. The number of benzene rings is 2. The number of para-hydroxylation sites is 1. The monoisotopic (exact) mass is 323 g/mol. The number of nitrogens with one attached hydrogen (secondary N) is 2. The van der Waals surface area contributed by atoms with E-state index in [1.54, 1.807) is 12.1 Å². The van der Waals surface area contributed by atoms with Crippen LogP contribution in [-0.2, 0) is 4.79 Å². The lowest BCUT2D eigenvalue weighted by Gasteiger charge is -2.07. The predicted octanol–water partition coefficient (Wildman–Crippen LogP) is 2.74. The molecule has 2 N–H and O–H groups in total. The molecule has 120 valence electrons. The summed E-state index contributed by atoms with van der Waals surface area (Å²) in [7, 11) is 0. The average Bonchev–Trinajstić information content (AvgIpc) is 2.60. The van der Waals surface area contributed by atoms with Crippen molar-refractivity contribution in [3.05, 3.63) is 72.0 Å². The lowest BCUT2D eigenvalue weighted by molar-refractivity contribution is -0.115. The van der Waals surface area contributed by atoms with Crippen LogP contribution in [0, 0.1) is 5.82 Å². The Morgan fingerprint density at radius 1 is 0.958 bits per heavy atom. The zero-order chi connectivity index (χ0) is 16.9. The first-order chi connectivity index (χ1) is 11.6. The minimum Gasteiger partial charge on any atom is -0.343 e. The first kappa shape index (κ1) is 15.6. The van der Waals surface area contributed by atoms with Crippen LogP contribution in [0.3, 0.4) is 0 Å². The van der Waals surface area contributed by atoms with Gasteiger partial charge in [0.15, 0.2) is 0 Å². The van der Waals surface area contributed by atoms with Crippen LogP contribution in [0.15, 0.2) is 60.7 Å². The van der Waals surface area contributed by atoms with Crippen LogP contribution < -0.4 is 10.6 Å². The second kappa shape index (κ2) is 6.87. The molecule has 0 radical (unpaired) electrons. The predicted molar refractivity (Wildman–Crippen MR) is 89.1 cm³/mol. The zero-order valence-electron chi connectivity index (χ0n) is 12.6. The fraction of sp³-hybridized carbons (Fsp3) is 0.0556. The fourth-order valence-electron chi connectivity index (χ4n) is 2.22. The SMILES string of the molecule is O=C(CNC(=O)c1ccccc1F)Nc1ccc2ccccc2n1. The number of carbonyl (C=O) groups is 2. The van der Waals surface area contributed by atoms with E-state index < -0.39 is 17.6 Å². The summed E-state index contributed by atoms with van der Waals surface area (Å²) in [6, 6.07) is 16.6. The number of anilines is 1. The summed E-state index contributed by atoms with van der Waals surface area (Å²) in [5.74, 6) is -1.33. The van der Waals surface area contributed by atoms with Gasteiger partial charge < -0.3 is 10.6 Å². The van der Waals surface area contributed by atoms with Crippen molar-refractivity contribution >= 4 is 28.5 Å². The molecule has 0 fully saturated rings. The third kappa shape index (κ3) is 3.55. The van der Waals surface area contributed by atoms with Crippen LogP contribution in [0.25, 0.3) is 10.9 Å². The Labute approximate surface area is 137 Å². The van der Waals surface area contributed by atoms with E-state index in [2.05, 4.69) is 15.6 Å². The summed E-state index contributed by atoms with van der Waals surface area (Å²) < 4.78 is 13.5. The maximum atomic E-state index is 13.5. The third-order valence-corrected chi connectivity index (χ3v) is 3.39. The highest BCUT2D eigenvalue weighted by atomic mass is 19.1. The van der Waals surface area contributed by atoms with Crippen molar-refractivity contribution in [3.8, 4) is 0 Å². The summed E-state index contributed by atoms with van der Waals surface area (Å²) in [4.78, 5) is 28.1. The highest BCUT2D eigenvalue weighted by molar-refractivity contribution is 5.99. The molecule has 3 rings (SSSR count). The minimum absolute atomic E-state index is 0.103. The maximum Gasteiger partial charge on any atom is 0.254 e. The van der Waals surface area contributed by atoms with Crippen molar-refractivity contribution in [2.24, 2.45) is 0 Å². The molecule has 0 bridgehead atoms. The molecule has 3 aromatic rings. The molecule has 0 spiro atoms. The van der Waals surface area contributed by atoms with Crippen LogP contribution >= 0.6 is 0 Å². The number of hydrogen-bond donors (Lipinski definition) is 2. The Kier molecular flexibility index (Phi) is 4.47. The molecule has 2 amide bonds. The van der Waals surface area contributed by atoms with Gasteiger partial charge >= 0.3 is 0 Å². The standard InChI is InChI=1S/C18H14FN3O2/c19-14-7-3-2-6-13(14)18(24)20-11-17(23)22-16-10-9-12-5-1-4-8-15(12)21-16/h1-10H,11H2,(H,20,24)(H,21,22,23). The van der Waals surface area contributed by atoms with E-state index in [0.717, 1.165) is 10.9 Å². The van der Waals surface area contributed by atoms with Gasteiger partial charge in [0.2, 0.25) is 5.91 Å². The van der Waals surface area contributed by atoms with Gasteiger partial charge in [-0.15, -0.1) is 0 Å².